The number of likely N-dealkylation sites (tertiary alicyclic amines) is 1. The second kappa shape index (κ2) is 15.9. The molecular weight excluding hydrogens is 527 g/mol. The predicted octanol–water partition coefficient (Wildman–Crippen LogP) is 4.18. The average molecular weight is 567 g/mol. The predicted molar refractivity (Wildman–Crippen MR) is 147 cm³/mol. The molecule has 2 aromatic carbocycles. The van der Waals surface area contributed by atoms with E-state index in [0.29, 0.717) is 11.9 Å². The zero-order chi connectivity index (χ0) is 22.4. The molecule has 3 N–H and O–H groups in total. The first kappa shape index (κ1) is 27.4. The van der Waals surface area contributed by atoms with Crippen molar-refractivity contribution in [2.75, 3.05) is 39.8 Å². The van der Waals surface area contributed by atoms with Crippen LogP contribution in [0.3, 0.4) is 0 Å². The summed E-state index contributed by atoms with van der Waals surface area (Å²) in [6.45, 7) is 5.76. The third kappa shape index (κ3) is 10.8. The van der Waals surface area contributed by atoms with E-state index in [-0.39, 0.29) is 24.0 Å². The Balaban J connectivity index is 0.00000385. The first-order valence-electron chi connectivity index (χ1n) is 11.8. The molecule has 0 amide bonds. The molecule has 1 aliphatic heterocycles. The van der Waals surface area contributed by atoms with Crippen molar-refractivity contribution in [2.45, 2.75) is 44.8 Å². The lowest BCUT2D eigenvalue weighted by Crippen LogP contribution is -2.39. The summed E-state index contributed by atoms with van der Waals surface area (Å²) in [7, 11) is 1.80. The lowest BCUT2D eigenvalue weighted by Gasteiger charge is -2.32. The number of benzene rings is 2. The summed E-state index contributed by atoms with van der Waals surface area (Å²) >= 11 is 0. The molecule has 0 atom stereocenters. The number of phenols is 1. The number of piperidine rings is 1. The number of nitrogens with one attached hydrogen (secondary N) is 2. The third-order valence-electron chi connectivity index (χ3n) is 5.85. The average Bonchev–Trinajstić information content (AvgIpc) is 2.83. The van der Waals surface area contributed by atoms with Crippen LogP contribution in [0.4, 0.5) is 0 Å². The van der Waals surface area contributed by atoms with E-state index in [4.69, 9.17) is 4.74 Å². The minimum atomic E-state index is 0. The molecule has 0 unspecified atom stereocenters. The number of aryl methyl sites for hydroxylation is 1. The highest BCUT2D eigenvalue weighted by Crippen LogP contribution is 2.16. The van der Waals surface area contributed by atoms with Crippen molar-refractivity contribution < 1.29 is 9.84 Å². The highest BCUT2D eigenvalue weighted by molar-refractivity contribution is 14.0. The summed E-state index contributed by atoms with van der Waals surface area (Å²) in [5.41, 5.74) is 2.62. The summed E-state index contributed by atoms with van der Waals surface area (Å²) in [4.78, 5) is 6.81. The molecule has 1 fully saturated rings. The van der Waals surface area contributed by atoms with Crippen molar-refractivity contribution >= 4 is 29.9 Å². The Labute approximate surface area is 215 Å². The minimum Gasteiger partial charge on any atom is -0.508 e. The van der Waals surface area contributed by atoms with E-state index in [1.807, 2.05) is 12.1 Å². The van der Waals surface area contributed by atoms with Gasteiger partial charge in [0.25, 0.3) is 0 Å². The van der Waals surface area contributed by atoms with E-state index in [0.717, 1.165) is 77.4 Å². The topological polar surface area (TPSA) is 69.1 Å². The van der Waals surface area contributed by atoms with Crippen molar-refractivity contribution in [3.05, 3.63) is 65.7 Å². The quantitative estimate of drug-likeness (QED) is 0.165. The normalized spacial score (nSPS) is 15.1. The smallest absolute Gasteiger partial charge is 0.190 e. The molecule has 182 valence electrons. The molecule has 1 heterocycles. The van der Waals surface area contributed by atoms with Gasteiger partial charge >= 0.3 is 0 Å². The molecular formula is C26H39IN4O2. The summed E-state index contributed by atoms with van der Waals surface area (Å²) in [5, 5.41) is 16.1. The van der Waals surface area contributed by atoms with Crippen LogP contribution in [-0.4, -0.2) is 61.9 Å². The fraction of sp³-hybridized carbons (Fsp3) is 0.500. The van der Waals surface area contributed by atoms with Crippen molar-refractivity contribution in [1.29, 1.82) is 0 Å². The van der Waals surface area contributed by atoms with E-state index in [2.05, 4.69) is 50.9 Å². The fourth-order valence-corrected chi connectivity index (χ4v) is 3.99. The van der Waals surface area contributed by atoms with Gasteiger partial charge in [0.2, 0.25) is 0 Å². The molecule has 0 radical (unpaired) electrons. The zero-order valence-electron chi connectivity index (χ0n) is 19.7. The van der Waals surface area contributed by atoms with Gasteiger partial charge in [-0.3, -0.25) is 9.89 Å². The zero-order valence-corrected chi connectivity index (χ0v) is 22.0. The fourth-order valence-electron chi connectivity index (χ4n) is 3.99. The molecule has 0 bridgehead atoms. The number of aromatic hydroxyl groups is 1. The number of ether oxygens (including phenoxy) is 1. The van der Waals surface area contributed by atoms with Gasteiger partial charge in [0.1, 0.15) is 5.75 Å². The van der Waals surface area contributed by atoms with Crippen molar-refractivity contribution in [1.82, 2.24) is 15.5 Å². The maximum Gasteiger partial charge on any atom is 0.190 e. The first-order chi connectivity index (χ1) is 15.7. The Morgan fingerprint density at radius 1 is 0.970 bits per heavy atom. The minimum absolute atomic E-state index is 0. The molecule has 7 heteroatoms. The Kier molecular flexibility index (Phi) is 13.2. The molecule has 0 aliphatic carbocycles. The Hall–Kier alpha value is -1.84. The van der Waals surface area contributed by atoms with Crippen LogP contribution in [0.15, 0.2) is 59.6 Å². The SMILES string of the molecule is CN=C(NCCCOC1CCN(Cc2ccccc2)CC1)NCCCc1ccc(O)cc1.I. The summed E-state index contributed by atoms with van der Waals surface area (Å²) < 4.78 is 6.11. The number of hydrogen-bond acceptors (Lipinski definition) is 4. The van der Waals surface area contributed by atoms with Gasteiger partial charge in [-0.25, -0.2) is 0 Å². The number of rotatable bonds is 11. The van der Waals surface area contributed by atoms with Crippen LogP contribution in [0.1, 0.15) is 36.8 Å². The van der Waals surface area contributed by atoms with Crippen molar-refractivity contribution in [3.63, 3.8) is 0 Å². The van der Waals surface area contributed by atoms with Gasteiger partial charge in [-0.2, -0.15) is 0 Å². The molecule has 1 saturated heterocycles. The lowest BCUT2D eigenvalue weighted by atomic mass is 10.1. The maximum atomic E-state index is 9.34. The van der Waals surface area contributed by atoms with E-state index < -0.39 is 0 Å². The number of nitrogens with zero attached hydrogens (tertiary/aromatic N) is 2. The van der Waals surface area contributed by atoms with E-state index >= 15 is 0 Å². The summed E-state index contributed by atoms with van der Waals surface area (Å²) in [5.74, 6) is 1.15. The Morgan fingerprint density at radius 3 is 2.30 bits per heavy atom. The van der Waals surface area contributed by atoms with Crippen molar-refractivity contribution in [3.8, 4) is 5.75 Å². The van der Waals surface area contributed by atoms with Gasteiger partial charge in [-0.15, -0.1) is 24.0 Å². The number of guanidine groups is 1. The van der Waals surface area contributed by atoms with E-state index in [1.165, 1.54) is 11.1 Å². The Morgan fingerprint density at radius 2 is 1.64 bits per heavy atom. The van der Waals surface area contributed by atoms with Gasteiger partial charge in [-0.1, -0.05) is 42.5 Å². The highest BCUT2D eigenvalue weighted by Gasteiger charge is 2.19. The van der Waals surface area contributed by atoms with Crippen LogP contribution in [0.2, 0.25) is 0 Å². The molecule has 2 aromatic rings. The first-order valence-corrected chi connectivity index (χ1v) is 11.8. The van der Waals surface area contributed by atoms with Gasteiger partial charge < -0.3 is 20.5 Å². The molecule has 0 aromatic heterocycles. The second-order valence-corrected chi connectivity index (χ2v) is 8.38. The molecule has 3 rings (SSSR count). The molecule has 1 aliphatic rings. The largest absolute Gasteiger partial charge is 0.508 e. The van der Waals surface area contributed by atoms with Gasteiger partial charge in [0.05, 0.1) is 6.10 Å². The Bertz CT molecular complexity index is 794. The van der Waals surface area contributed by atoms with Gasteiger partial charge in [-0.05, 0) is 55.4 Å². The molecule has 33 heavy (non-hydrogen) atoms. The molecule has 6 nitrogen and oxygen atoms in total. The number of phenolic OH excluding ortho intramolecular Hbond substituents is 1. The van der Waals surface area contributed by atoms with Gasteiger partial charge in [0.15, 0.2) is 5.96 Å². The van der Waals surface area contributed by atoms with Crippen LogP contribution in [-0.2, 0) is 17.7 Å². The van der Waals surface area contributed by atoms with Gasteiger partial charge in [0, 0.05) is 46.4 Å². The standard InChI is InChI=1S/C26H38N4O2.HI/c1-27-26(28-16-5-9-22-10-12-24(31)13-11-22)29-17-6-20-32-25-14-18-30(19-15-25)21-23-7-3-2-4-8-23;/h2-4,7-8,10-13,25,31H,5-6,9,14-21H2,1H3,(H2,27,28,29);1H. The van der Waals surface area contributed by atoms with Crippen LogP contribution in [0.25, 0.3) is 0 Å². The summed E-state index contributed by atoms with van der Waals surface area (Å²) in [6.07, 6.45) is 5.58. The lowest BCUT2D eigenvalue weighted by molar-refractivity contribution is 0.00534. The van der Waals surface area contributed by atoms with Crippen molar-refractivity contribution in [2.24, 2.45) is 4.99 Å². The second-order valence-electron chi connectivity index (χ2n) is 8.38. The summed E-state index contributed by atoms with van der Waals surface area (Å²) in [6, 6.07) is 18.1. The van der Waals surface area contributed by atoms with E-state index in [9.17, 15) is 5.11 Å². The number of hydrogen-bond donors (Lipinski definition) is 3. The maximum absolute atomic E-state index is 9.34. The van der Waals surface area contributed by atoms with Crippen LogP contribution in [0, 0.1) is 0 Å². The van der Waals surface area contributed by atoms with Crippen LogP contribution >= 0.6 is 24.0 Å². The van der Waals surface area contributed by atoms with Crippen LogP contribution < -0.4 is 10.6 Å². The molecule has 0 spiro atoms. The number of halogens is 1. The highest BCUT2D eigenvalue weighted by atomic mass is 127. The third-order valence-corrected chi connectivity index (χ3v) is 5.85. The molecule has 0 saturated carbocycles. The monoisotopic (exact) mass is 566 g/mol. The van der Waals surface area contributed by atoms with Crippen LogP contribution in [0.5, 0.6) is 5.75 Å². The number of aliphatic imine (C=N–C) groups is 1. The van der Waals surface area contributed by atoms with E-state index in [1.54, 1.807) is 19.2 Å².